The highest BCUT2D eigenvalue weighted by Crippen LogP contribution is 2.32. The Labute approximate surface area is 119 Å². The van der Waals surface area contributed by atoms with E-state index in [-0.39, 0.29) is 5.69 Å². The van der Waals surface area contributed by atoms with Crippen LogP contribution in [0.1, 0.15) is 10.8 Å². The maximum absolute atomic E-state index is 11.2. The minimum absolute atomic E-state index is 0.222. The molecule has 1 unspecified atom stereocenters. The van der Waals surface area contributed by atoms with Crippen molar-refractivity contribution in [3.05, 3.63) is 53.2 Å². The average Bonchev–Trinajstić information content (AvgIpc) is 2.93. The summed E-state index contributed by atoms with van der Waals surface area (Å²) in [4.78, 5) is 16.1. The molecule has 0 radical (unpaired) electrons. The Morgan fingerprint density at radius 1 is 1.35 bits per heavy atom. The Morgan fingerprint density at radius 2 is 2.05 bits per heavy atom. The molecule has 0 amide bonds. The molecule has 2 N–H and O–H groups in total. The van der Waals surface area contributed by atoms with Crippen LogP contribution in [-0.2, 0) is 4.84 Å². The predicted molar refractivity (Wildman–Crippen MR) is 72.9 cm³/mol. The van der Waals surface area contributed by atoms with E-state index < -0.39 is 11.5 Å². The standard InChI is InChI=1S/C12H14N3O4S/c1-19-15(18)10-7-13-14(8-10)20-11(12(16)17)9-5-3-2-4-6-9/h2-8,11-12,16-17H,1H3/q+1. The molecule has 1 atom stereocenters. The highest BCUT2D eigenvalue weighted by atomic mass is 32.2. The number of nitrogens with zero attached hydrogens (tertiary/aromatic N) is 3. The molecule has 1 aromatic heterocycles. The molecule has 0 bridgehead atoms. The van der Waals surface area contributed by atoms with Gasteiger partial charge in [-0.3, -0.25) is 0 Å². The molecule has 0 saturated carbocycles. The Balaban J connectivity index is 2.17. The van der Waals surface area contributed by atoms with Crippen LogP contribution in [0.4, 0.5) is 5.69 Å². The van der Waals surface area contributed by atoms with Crippen molar-refractivity contribution in [3.63, 3.8) is 0 Å². The second-order valence-corrected chi connectivity index (χ2v) is 4.98. The first kappa shape index (κ1) is 14.5. The van der Waals surface area contributed by atoms with Gasteiger partial charge in [0, 0.05) is 0 Å². The molecule has 20 heavy (non-hydrogen) atoms. The van der Waals surface area contributed by atoms with E-state index in [4.69, 9.17) is 0 Å². The highest BCUT2D eigenvalue weighted by molar-refractivity contribution is 7.98. The number of rotatable bonds is 6. The molecule has 0 aliphatic carbocycles. The first-order valence-electron chi connectivity index (χ1n) is 5.76. The lowest BCUT2D eigenvalue weighted by atomic mass is 10.1. The van der Waals surface area contributed by atoms with Gasteiger partial charge >= 0.3 is 5.69 Å². The third-order valence-corrected chi connectivity index (χ3v) is 3.70. The fourth-order valence-corrected chi connectivity index (χ4v) is 2.49. The van der Waals surface area contributed by atoms with Crippen molar-refractivity contribution in [2.75, 3.05) is 7.11 Å². The van der Waals surface area contributed by atoms with E-state index in [1.165, 1.54) is 23.6 Å². The lowest BCUT2D eigenvalue weighted by Crippen LogP contribution is -2.16. The van der Waals surface area contributed by atoms with Gasteiger partial charge in [0.1, 0.15) is 17.6 Å². The van der Waals surface area contributed by atoms with Crippen LogP contribution in [-0.4, -0.2) is 37.7 Å². The van der Waals surface area contributed by atoms with Crippen LogP contribution in [0.3, 0.4) is 0 Å². The highest BCUT2D eigenvalue weighted by Gasteiger charge is 2.24. The summed E-state index contributed by atoms with van der Waals surface area (Å²) in [5.74, 6) is 0. The Morgan fingerprint density at radius 3 is 2.65 bits per heavy atom. The molecule has 0 aliphatic rings. The molecule has 1 aromatic carbocycles. The van der Waals surface area contributed by atoms with E-state index in [9.17, 15) is 15.1 Å². The third-order valence-electron chi connectivity index (χ3n) is 2.54. The van der Waals surface area contributed by atoms with Crippen LogP contribution in [0.25, 0.3) is 0 Å². The van der Waals surface area contributed by atoms with Gasteiger partial charge in [0.2, 0.25) is 0 Å². The Bertz CT molecular complexity index is 573. The predicted octanol–water partition coefficient (Wildman–Crippen LogP) is 1.40. The summed E-state index contributed by atoms with van der Waals surface area (Å²) >= 11 is 1.08. The molecule has 0 saturated heterocycles. The van der Waals surface area contributed by atoms with Gasteiger partial charge in [-0.2, -0.15) is 5.10 Å². The maximum Gasteiger partial charge on any atom is 0.355 e. The maximum atomic E-state index is 11.2. The number of hydrogen-bond donors (Lipinski definition) is 2. The molecular weight excluding hydrogens is 282 g/mol. The molecule has 2 aromatic rings. The lowest BCUT2D eigenvalue weighted by Gasteiger charge is -2.17. The van der Waals surface area contributed by atoms with Crippen molar-refractivity contribution in [1.82, 2.24) is 9.19 Å². The van der Waals surface area contributed by atoms with E-state index in [0.29, 0.717) is 4.92 Å². The van der Waals surface area contributed by atoms with E-state index in [1.54, 1.807) is 12.1 Å². The molecule has 8 heteroatoms. The quantitative estimate of drug-likeness (QED) is 0.619. The van der Waals surface area contributed by atoms with E-state index >= 15 is 0 Å². The van der Waals surface area contributed by atoms with Crippen LogP contribution in [0, 0.1) is 4.91 Å². The minimum Gasteiger partial charge on any atom is -0.367 e. The second-order valence-electron chi connectivity index (χ2n) is 3.89. The lowest BCUT2D eigenvalue weighted by molar-refractivity contribution is -0.736. The van der Waals surface area contributed by atoms with Gasteiger partial charge in [0.25, 0.3) is 4.92 Å². The number of aliphatic hydroxyl groups is 2. The van der Waals surface area contributed by atoms with Gasteiger partial charge in [0.15, 0.2) is 13.4 Å². The largest absolute Gasteiger partial charge is 0.367 e. The van der Waals surface area contributed by atoms with Gasteiger partial charge in [-0.1, -0.05) is 30.3 Å². The summed E-state index contributed by atoms with van der Waals surface area (Å²) in [6.07, 6.45) is 1.22. The monoisotopic (exact) mass is 296 g/mol. The van der Waals surface area contributed by atoms with Crippen molar-refractivity contribution in [2.45, 2.75) is 11.5 Å². The number of hydrogen-bond acceptors (Lipinski definition) is 6. The van der Waals surface area contributed by atoms with Crippen LogP contribution in [0.2, 0.25) is 0 Å². The van der Waals surface area contributed by atoms with Gasteiger partial charge < -0.3 is 10.2 Å². The summed E-state index contributed by atoms with van der Waals surface area (Å²) in [5.41, 5.74) is 0.967. The van der Waals surface area contributed by atoms with Crippen molar-refractivity contribution >= 4 is 17.6 Å². The SMILES string of the molecule is CO[N+](=O)c1cnn(SC(c2ccccc2)C(O)O)c1. The van der Waals surface area contributed by atoms with Gasteiger partial charge in [-0.25, -0.2) is 8.92 Å². The Kier molecular flexibility index (Phi) is 4.72. The van der Waals surface area contributed by atoms with E-state index in [0.717, 1.165) is 17.5 Å². The van der Waals surface area contributed by atoms with E-state index in [1.807, 2.05) is 18.2 Å². The van der Waals surface area contributed by atoms with Crippen LogP contribution >= 0.6 is 11.9 Å². The second kappa shape index (κ2) is 6.51. The van der Waals surface area contributed by atoms with Crippen molar-refractivity contribution in [1.29, 1.82) is 0 Å². The fraction of sp³-hybridized carbons (Fsp3) is 0.250. The molecule has 0 aliphatic heterocycles. The topological polar surface area (TPSA) is 87.6 Å². The summed E-state index contributed by atoms with van der Waals surface area (Å²) in [5, 5.41) is 22.3. The molecule has 106 valence electrons. The number of aliphatic hydroxyl groups excluding tert-OH is 1. The summed E-state index contributed by atoms with van der Waals surface area (Å²) in [7, 11) is 1.25. The van der Waals surface area contributed by atoms with Gasteiger partial charge in [-0.05, 0) is 17.5 Å². The summed E-state index contributed by atoms with van der Waals surface area (Å²) in [6, 6.07) is 9.04. The third kappa shape index (κ3) is 3.35. The first-order chi connectivity index (χ1) is 9.61. The molecule has 0 spiro atoms. The van der Waals surface area contributed by atoms with Crippen molar-refractivity contribution < 1.29 is 20.0 Å². The van der Waals surface area contributed by atoms with Gasteiger partial charge in [-0.15, -0.1) is 0 Å². The zero-order valence-corrected chi connectivity index (χ0v) is 11.5. The minimum atomic E-state index is -1.55. The zero-order chi connectivity index (χ0) is 14.5. The normalized spacial score (nSPS) is 12.4. The number of benzene rings is 1. The van der Waals surface area contributed by atoms with E-state index in [2.05, 4.69) is 9.94 Å². The van der Waals surface area contributed by atoms with Crippen LogP contribution in [0.15, 0.2) is 42.7 Å². The molecule has 7 nitrogen and oxygen atoms in total. The molecule has 1 heterocycles. The van der Waals surface area contributed by atoms with Crippen LogP contribution < -0.4 is 0 Å². The zero-order valence-electron chi connectivity index (χ0n) is 10.7. The average molecular weight is 296 g/mol. The fourth-order valence-electron chi connectivity index (χ4n) is 1.60. The van der Waals surface area contributed by atoms with Gasteiger partial charge in [0.05, 0.1) is 4.91 Å². The smallest absolute Gasteiger partial charge is 0.355 e. The Hall–Kier alpha value is -1.90. The summed E-state index contributed by atoms with van der Waals surface area (Å²) < 4.78 is 1.39. The molecule has 2 rings (SSSR count). The van der Waals surface area contributed by atoms with Crippen molar-refractivity contribution in [3.8, 4) is 0 Å². The molecular formula is C12H14N3O4S+. The first-order valence-corrected chi connectivity index (χ1v) is 6.59. The van der Waals surface area contributed by atoms with Crippen LogP contribution in [0.5, 0.6) is 0 Å². The molecule has 0 fully saturated rings. The summed E-state index contributed by atoms with van der Waals surface area (Å²) in [6.45, 7) is 0. The van der Waals surface area contributed by atoms with Crippen molar-refractivity contribution in [2.24, 2.45) is 0 Å². The number of aromatic nitrogens is 2.